The molecule has 0 amide bonds. The number of aryl methyl sites for hydroxylation is 1. The van der Waals surface area contributed by atoms with E-state index in [1.54, 1.807) is 0 Å². The van der Waals surface area contributed by atoms with Crippen LogP contribution in [0.5, 0.6) is 0 Å². The highest BCUT2D eigenvalue weighted by Crippen LogP contribution is 2.33. The predicted octanol–water partition coefficient (Wildman–Crippen LogP) is 4.45. The van der Waals surface area contributed by atoms with E-state index in [1.807, 2.05) is 0 Å². The maximum Gasteiger partial charge on any atom is -0.0279 e. The van der Waals surface area contributed by atoms with Crippen molar-refractivity contribution in [2.24, 2.45) is 11.8 Å². The summed E-state index contributed by atoms with van der Waals surface area (Å²) in [5, 5.41) is 0. The Morgan fingerprint density at radius 1 is 1.13 bits per heavy atom. The Hall–Kier alpha value is -0.780. The lowest BCUT2D eigenvalue weighted by Crippen LogP contribution is -1.96. The maximum atomic E-state index is 2.40. The van der Waals surface area contributed by atoms with E-state index in [-0.39, 0.29) is 0 Å². The summed E-state index contributed by atoms with van der Waals surface area (Å²) in [5.74, 6) is 2.02. The van der Waals surface area contributed by atoms with Gasteiger partial charge < -0.3 is 0 Å². The van der Waals surface area contributed by atoms with E-state index in [9.17, 15) is 0 Å². The molecule has 1 fully saturated rings. The second kappa shape index (κ2) is 5.34. The molecule has 0 aromatic heterocycles. The zero-order chi connectivity index (χ0) is 10.5. The van der Waals surface area contributed by atoms with E-state index in [1.165, 1.54) is 44.1 Å². The molecule has 1 aromatic rings. The first-order valence-electron chi connectivity index (χ1n) is 6.38. The molecule has 0 bridgehead atoms. The average molecular weight is 202 g/mol. The lowest BCUT2D eigenvalue weighted by molar-refractivity contribution is 0.464. The molecule has 0 radical (unpaired) electrons. The lowest BCUT2D eigenvalue weighted by Gasteiger charge is -2.08. The predicted molar refractivity (Wildman–Crippen MR) is 65.9 cm³/mol. The second-order valence-electron chi connectivity index (χ2n) is 5.16. The van der Waals surface area contributed by atoms with Gasteiger partial charge in [-0.1, -0.05) is 56.5 Å². The van der Waals surface area contributed by atoms with Gasteiger partial charge in [0, 0.05) is 0 Å². The number of benzene rings is 1. The van der Waals surface area contributed by atoms with Gasteiger partial charge in [0.2, 0.25) is 0 Å². The molecule has 0 heteroatoms. The summed E-state index contributed by atoms with van der Waals surface area (Å²) in [6, 6.07) is 10.9. The summed E-state index contributed by atoms with van der Waals surface area (Å²) >= 11 is 0. The van der Waals surface area contributed by atoms with Gasteiger partial charge in [-0.05, 0) is 36.7 Å². The van der Waals surface area contributed by atoms with Crippen molar-refractivity contribution < 1.29 is 0 Å². The second-order valence-corrected chi connectivity index (χ2v) is 5.16. The molecule has 0 spiro atoms. The molecule has 0 N–H and O–H groups in total. The highest BCUT2D eigenvalue weighted by Gasteiger charge is 2.20. The van der Waals surface area contributed by atoms with E-state index in [2.05, 4.69) is 37.3 Å². The average Bonchev–Trinajstić information content (AvgIpc) is 2.66. The van der Waals surface area contributed by atoms with Crippen LogP contribution in [-0.2, 0) is 6.42 Å². The fourth-order valence-corrected chi connectivity index (χ4v) is 2.83. The maximum absolute atomic E-state index is 2.40. The molecule has 82 valence electrons. The quantitative estimate of drug-likeness (QED) is 0.677. The smallest absolute Gasteiger partial charge is 0.0279 e. The molecule has 1 saturated carbocycles. The van der Waals surface area contributed by atoms with Crippen molar-refractivity contribution in [3.63, 3.8) is 0 Å². The molecule has 0 saturated heterocycles. The fraction of sp³-hybridized carbons (Fsp3) is 0.600. The number of hydrogen-bond donors (Lipinski definition) is 0. The molecule has 2 rings (SSSR count). The van der Waals surface area contributed by atoms with Gasteiger partial charge in [-0.15, -0.1) is 0 Å². The molecule has 0 nitrogen and oxygen atoms in total. The van der Waals surface area contributed by atoms with E-state index in [4.69, 9.17) is 0 Å². The van der Waals surface area contributed by atoms with Crippen LogP contribution >= 0.6 is 0 Å². The third kappa shape index (κ3) is 3.37. The van der Waals surface area contributed by atoms with Crippen LogP contribution in [0.4, 0.5) is 0 Å². The summed E-state index contributed by atoms with van der Waals surface area (Å²) in [5.41, 5.74) is 1.50. The summed E-state index contributed by atoms with van der Waals surface area (Å²) in [6.45, 7) is 2.40. The molecular weight excluding hydrogens is 180 g/mol. The van der Waals surface area contributed by atoms with Gasteiger partial charge in [-0.2, -0.15) is 0 Å². The van der Waals surface area contributed by atoms with Crippen LogP contribution in [0.1, 0.15) is 44.6 Å². The molecule has 1 aliphatic carbocycles. The molecule has 2 atom stereocenters. The van der Waals surface area contributed by atoms with E-state index in [0.29, 0.717) is 0 Å². The van der Waals surface area contributed by atoms with E-state index < -0.39 is 0 Å². The van der Waals surface area contributed by atoms with E-state index >= 15 is 0 Å². The van der Waals surface area contributed by atoms with Crippen molar-refractivity contribution in [2.75, 3.05) is 0 Å². The van der Waals surface area contributed by atoms with Crippen molar-refractivity contribution in [1.82, 2.24) is 0 Å². The molecule has 1 aromatic carbocycles. The normalized spacial score (nSPS) is 25.7. The third-order valence-electron chi connectivity index (χ3n) is 3.72. The summed E-state index contributed by atoms with van der Waals surface area (Å²) in [7, 11) is 0. The topological polar surface area (TPSA) is 0 Å². The van der Waals surface area contributed by atoms with Crippen molar-refractivity contribution >= 4 is 0 Å². The Labute approximate surface area is 93.7 Å². The Bertz CT molecular complexity index is 275. The monoisotopic (exact) mass is 202 g/mol. The van der Waals surface area contributed by atoms with Crippen LogP contribution in [0.3, 0.4) is 0 Å². The van der Waals surface area contributed by atoms with Crippen LogP contribution in [0.25, 0.3) is 0 Å². The van der Waals surface area contributed by atoms with Gasteiger partial charge in [0.25, 0.3) is 0 Å². The third-order valence-corrected chi connectivity index (χ3v) is 3.72. The molecule has 0 aliphatic heterocycles. The highest BCUT2D eigenvalue weighted by molar-refractivity contribution is 5.14. The zero-order valence-corrected chi connectivity index (χ0v) is 9.78. The largest absolute Gasteiger partial charge is 0.0625 e. The van der Waals surface area contributed by atoms with Crippen LogP contribution in [0.15, 0.2) is 30.3 Å². The Balaban J connectivity index is 1.67. The fourth-order valence-electron chi connectivity index (χ4n) is 2.83. The van der Waals surface area contributed by atoms with Crippen LogP contribution in [-0.4, -0.2) is 0 Å². The molecule has 2 unspecified atom stereocenters. The van der Waals surface area contributed by atoms with E-state index in [0.717, 1.165) is 11.8 Å². The number of hydrogen-bond acceptors (Lipinski definition) is 0. The Kier molecular flexibility index (Phi) is 3.82. The van der Waals surface area contributed by atoms with Crippen molar-refractivity contribution in [3.8, 4) is 0 Å². The van der Waals surface area contributed by atoms with Gasteiger partial charge in [0.15, 0.2) is 0 Å². The molecule has 15 heavy (non-hydrogen) atoms. The van der Waals surface area contributed by atoms with Gasteiger partial charge >= 0.3 is 0 Å². The van der Waals surface area contributed by atoms with Gasteiger partial charge in [0.1, 0.15) is 0 Å². The van der Waals surface area contributed by atoms with Crippen LogP contribution in [0, 0.1) is 11.8 Å². The molecule has 0 heterocycles. The first kappa shape index (κ1) is 10.7. The summed E-state index contributed by atoms with van der Waals surface area (Å²) < 4.78 is 0. The van der Waals surface area contributed by atoms with Crippen molar-refractivity contribution in [3.05, 3.63) is 35.9 Å². The number of rotatable bonds is 4. The van der Waals surface area contributed by atoms with Gasteiger partial charge in [-0.25, -0.2) is 0 Å². The minimum atomic E-state index is 0.992. The molecule has 1 aliphatic rings. The lowest BCUT2D eigenvalue weighted by atomic mass is 9.97. The van der Waals surface area contributed by atoms with Gasteiger partial charge in [0.05, 0.1) is 0 Å². The van der Waals surface area contributed by atoms with Crippen molar-refractivity contribution in [2.45, 2.75) is 45.4 Å². The minimum Gasteiger partial charge on any atom is -0.0625 e. The standard InChI is InChI=1S/C15H22/c1-13-10-11-15(12-13)9-5-8-14-6-3-2-4-7-14/h2-4,6-7,13,15H,5,8-12H2,1H3. The highest BCUT2D eigenvalue weighted by atomic mass is 14.3. The SMILES string of the molecule is CC1CCC(CCCc2ccccc2)C1. The first-order valence-corrected chi connectivity index (χ1v) is 6.38. The zero-order valence-electron chi connectivity index (χ0n) is 9.78. The Morgan fingerprint density at radius 3 is 2.60 bits per heavy atom. The molecular formula is C15H22. The van der Waals surface area contributed by atoms with Crippen LogP contribution in [0.2, 0.25) is 0 Å². The first-order chi connectivity index (χ1) is 7.34. The Morgan fingerprint density at radius 2 is 1.93 bits per heavy atom. The minimum absolute atomic E-state index is 0.992. The van der Waals surface area contributed by atoms with Crippen LogP contribution < -0.4 is 0 Å². The van der Waals surface area contributed by atoms with Gasteiger partial charge in [-0.3, -0.25) is 0 Å². The van der Waals surface area contributed by atoms with Crippen molar-refractivity contribution in [1.29, 1.82) is 0 Å². The summed E-state index contributed by atoms with van der Waals surface area (Å²) in [6.07, 6.45) is 8.52. The summed E-state index contributed by atoms with van der Waals surface area (Å²) in [4.78, 5) is 0.